The third kappa shape index (κ3) is 4.76. The molecule has 1 heterocycles. The van der Waals surface area contributed by atoms with Gasteiger partial charge in [-0.25, -0.2) is 9.07 Å². The largest absolute Gasteiger partial charge is 0.356 e. The van der Waals surface area contributed by atoms with E-state index >= 15 is 0 Å². The maximum absolute atomic E-state index is 13.5. The van der Waals surface area contributed by atoms with E-state index in [1.165, 1.54) is 6.07 Å². The Kier molecular flexibility index (Phi) is 5.57. The van der Waals surface area contributed by atoms with Crippen molar-refractivity contribution in [2.75, 3.05) is 6.54 Å². The molecule has 0 aliphatic heterocycles. The lowest BCUT2D eigenvalue weighted by molar-refractivity contribution is -0.121. The molecular weight excluding hydrogens is 317 g/mol. The van der Waals surface area contributed by atoms with Crippen LogP contribution >= 0.6 is 0 Å². The first-order valence-corrected chi connectivity index (χ1v) is 8.31. The second-order valence-electron chi connectivity index (χ2n) is 5.82. The number of nitrogens with one attached hydrogen (secondary N) is 1. The number of hydrogen-bond donors (Lipinski definition) is 1. The molecule has 1 amide bonds. The number of hydrogen-bond acceptors (Lipinski definition) is 2. The minimum Gasteiger partial charge on any atom is -0.356 e. The summed E-state index contributed by atoms with van der Waals surface area (Å²) in [6.45, 7) is 0.538. The van der Waals surface area contributed by atoms with Crippen LogP contribution in [0.1, 0.15) is 17.5 Å². The quantitative estimate of drug-likeness (QED) is 0.719. The van der Waals surface area contributed by atoms with E-state index in [1.807, 2.05) is 41.2 Å². The minimum absolute atomic E-state index is 0.0706. The molecular formula is C20H20FN3O. The van der Waals surface area contributed by atoms with Gasteiger partial charge in [-0.3, -0.25) is 4.79 Å². The van der Waals surface area contributed by atoms with Gasteiger partial charge in [0.05, 0.1) is 11.9 Å². The summed E-state index contributed by atoms with van der Waals surface area (Å²) >= 11 is 0. The molecule has 0 aliphatic carbocycles. The smallest absolute Gasteiger partial charge is 0.220 e. The highest BCUT2D eigenvalue weighted by Crippen LogP contribution is 2.09. The lowest BCUT2D eigenvalue weighted by atomic mass is 10.1. The van der Waals surface area contributed by atoms with Crippen LogP contribution in [0.25, 0.3) is 5.69 Å². The fourth-order valence-corrected chi connectivity index (χ4v) is 2.60. The molecule has 0 aliphatic rings. The maximum Gasteiger partial charge on any atom is 0.220 e. The summed E-state index contributed by atoms with van der Waals surface area (Å²) in [5, 5.41) is 7.20. The third-order valence-corrected chi connectivity index (χ3v) is 3.97. The van der Waals surface area contributed by atoms with Gasteiger partial charge in [0, 0.05) is 19.2 Å². The number of carbonyl (C=O) groups excluding carboxylic acids is 1. The van der Waals surface area contributed by atoms with E-state index < -0.39 is 0 Å². The van der Waals surface area contributed by atoms with E-state index in [-0.39, 0.29) is 18.1 Å². The molecule has 0 bridgehead atoms. The number of carbonyl (C=O) groups is 1. The number of aryl methyl sites for hydroxylation is 1. The lowest BCUT2D eigenvalue weighted by Gasteiger charge is -2.05. The van der Waals surface area contributed by atoms with E-state index in [4.69, 9.17) is 0 Å². The van der Waals surface area contributed by atoms with Gasteiger partial charge in [0.1, 0.15) is 5.82 Å². The molecule has 1 N–H and O–H groups in total. The fraction of sp³-hybridized carbons (Fsp3) is 0.200. The average Bonchev–Trinajstić information content (AvgIpc) is 3.11. The van der Waals surface area contributed by atoms with Gasteiger partial charge >= 0.3 is 0 Å². The zero-order chi connectivity index (χ0) is 17.5. The molecule has 2 aromatic carbocycles. The number of rotatable bonds is 7. The van der Waals surface area contributed by atoms with Crippen LogP contribution in [0.4, 0.5) is 4.39 Å². The predicted octanol–water partition coefficient (Wildman–Crippen LogP) is 3.30. The molecule has 0 radical (unpaired) electrons. The van der Waals surface area contributed by atoms with Gasteiger partial charge in [-0.15, -0.1) is 0 Å². The van der Waals surface area contributed by atoms with Gasteiger partial charge in [-0.05, 0) is 42.2 Å². The van der Waals surface area contributed by atoms with Gasteiger partial charge in [0.2, 0.25) is 5.91 Å². The predicted molar refractivity (Wildman–Crippen MR) is 95.0 cm³/mol. The van der Waals surface area contributed by atoms with E-state index in [0.29, 0.717) is 24.9 Å². The number of halogens is 1. The Morgan fingerprint density at radius 3 is 2.60 bits per heavy atom. The molecule has 0 saturated heterocycles. The number of aromatic nitrogens is 2. The molecule has 0 saturated carbocycles. The van der Waals surface area contributed by atoms with Crippen LogP contribution in [0.2, 0.25) is 0 Å². The Labute approximate surface area is 146 Å². The second-order valence-corrected chi connectivity index (χ2v) is 5.82. The summed E-state index contributed by atoms with van der Waals surface area (Å²) in [5.41, 5.74) is 2.63. The highest BCUT2D eigenvalue weighted by Gasteiger charge is 2.06. The Bertz CT molecular complexity index is 830. The van der Waals surface area contributed by atoms with Crippen molar-refractivity contribution in [3.8, 4) is 5.69 Å². The van der Waals surface area contributed by atoms with Crippen molar-refractivity contribution in [3.63, 3.8) is 0 Å². The van der Waals surface area contributed by atoms with Gasteiger partial charge in [-0.2, -0.15) is 5.10 Å². The van der Waals surface area contributed by atoms with Crippen molar-refractivity contribution in [2.24, 2.45) is 0 Å². The Morgan fingerprint density at radius 2 is 1.80 bits per heavy atom. The van der Waals surface area contributed by atoms with Crippen LogP contribution in [0, 0.1) is 5.82 Å². The number of nitrogens with zero attached hydrogens (tertiary/aromatic N) is 2. The number of benzene rings is 2. The highest BCUT2D eigenvalue weighted by molar-refractivity contribution is 5.76. The maximum atomic E-state index is 13.5. The normalized spacial score (nSPS) is 10.6. The standard InChI is InChI=1S/C20H20FN3O/c21-19-9-5-4-6-17(19)10-11-20(25)22-13-12-16-14-23-24(15-16)18-7-2-1-3-8-18/h1-9,14-15H,10-13H2,(H,22,25). The van der Waals surface area contributed by atoms with Crippen LogP contribution in [-0.2, 0) is 17.6 Å². The molecule has 3 aromatic rings. The van der Waals surface area contributed by atoms with Crippen molar-refractivity contribution >= 4 is 5.91 Å². The van der Waals surface area contributed by atoms with E-state index in [9.17, 15) is 9.18 Å². The highest BCUT2D eigenvalue weighted by atomic mass is 19.1. The Balaban J connectivity index is 1.43. The van der Waals surface area contributed by atoms with E-state index in [0.717, 1.165) is 11.3 Å². The molecule has 1 aromatic heterocycles. The molecule has 0 spiro atoms. The summed E-state index contributed by atoms with van der Waals surface area (Å²) in [5.74, 6) is -0.331. The Morgan fingerprint density at radius 1 is 1.04 bits per heavy atom. The molecule has 0 fully saturated rings. The zero-order valence-electron chi connectivity index (χ0n) is 13.9. The topological polar surface area (TPSA) is 46.9 Å². The van der Waals surface area contributed by atoms with Crippen LogP contribution < -0.4 is 5.32 Å². The molecule has 5 heteroatoms. The van der Waals surface area contributed by atoms with Crippen LogP contribution in [0.3, 0.4) is 0 Å². The summed E-state index contributed by atoms with van der Waals surface area (Å²) < 4.78 is 15.3. The summed E-state index contributed by atoms with van der Waals surface area (Å²) in [7, 11) is 0. The molecule has 128 valence electrons. The number of para-hydroxylation sites is 1. The summed E-state index contributed by atoms with van der Waals surface area (Å²) in [6, 6.07) is 16.4. The van der Waals surface area contributed by atoms with Crippen LogP contribution in [0.5, 0.6) is 0 Å². The van der Waals surface area contributed by atoms with Crippen molar-refractivity contribution < 1.29 is 9.18 Å². The average molecular weight is 337 g/mol. The van der Waals surface area contributed by atoms with Crippen molar-refractivity contribution in [1.82, 2.24) is 15.1 Å². The molecule has 3 rings (SSSR count). The first kappa shape index (κ1) is 16.9. The Hall–Kier alpha value is -2.95. The second kappa shape index (κ2) is 8.24. The van der Waals surface area contributed by atoms with Crippen LogP contribution in [0.15, 0.2) is 67.0 Å². The summed E-state index contributed by atoms with van der Waals surface area (Å²) in [6.07, 6.45) is 5.16. The van der Waals surface area contributed by atoms with Crippen LogP contribution in [-0.4, -0.2) is 22.2 Å². The van der Waals surface area contributed by atoms with Crippen molar-refractivity contribution in [2.45, 2.75) is 19.3 Å². The molecule has 0 unspecified atom stereocenters. The minimum atomic E-state index is -0.261. The van der Waals surface area contributed by atoms with Gasteiger partial charge in [0.15, 0.2) is 0 Å². The lowest BCUT2D eigenvalue weighted by Crippen LogP contribution is -2.25. The molecule has 4 nitrogen and oxygen atoms in total. The van der Waals surface area contributed by atoms with Gasteiger partial charge in [0.25, 0.3) is 0 Å². The van der Waals surface area contributed by atoms with Crippen molar-refractivity contribution in [3.05, 3.63) is 83.9 Å². The van der Waals surface area contributed by atoms with Crippen molar-refractivity contribution in [1.29, 1.82) is 0 Å². The molecule has 25 heavy (non-hydrogen) atoms. The van der Waals surface area contributed by atoms with E-state index in [2.05, 4.69) is 10.4 Å². The van der Waals surface area contributed by atoms with E-state index in [1.54, 1.807) is 24.4 Å². The molecule has 0 atom stereocenters. The van der Waals surface area contributed by atoms with Gasteiger partial charge in [-0.1, -0.05) is 36.4 Å². The monoisotopic (exact) mass is 337 g/mol. The zero-order valence-corrected chi connectivity index (χ0v) is 13.9. The summed E-state index contributed by atoms with van der Waals surface area (Å²) in [4.78, 5) is 11.9. The van der Waals surface area contributed by atoms with Gasteiger partial charge < -0.3 is 5.32 Å². The third-order valence-electron chi connectivity index (χ3n) is 3.97. The number of amides is 1. The fourth-order valence-electron chi connectivity index (χ4n) is 2.60. The SMILES string of the molecule is O=C(CCc1ccccc1F)NCCc1cnn(-c2ccccc2)c1. The first-order chi connectivity index (χ1) is 12.2. The first-order valence-electron chi connectivity index (χ1n) is 8.31.